The largest absolute Gasteiger partial charge is 0.358 e. The molecule has 0 radical (unpaired) electrons. The zero-order valence-electron chi connectivity index (χ0n) is 15.5. The van der Waals surface area contributed by atoms with Crippen LogP contribution in [0, 0.1) is 0 Å². The first kappa shape index (κ1) is 21.4. The van der Waals surface area contributed by atoms with Gasteiger partial charge in [0.05, 0.1) is 5.57 Å². The molecule has 0 aromatic rings. The van der Waals surface area contributed by atoms with Gasteiger partial charge < -0.3 is 21.3 Å². The SMILES string of the molecule is CNC(=O)C1C=C(C(=O)NC2CCC(=O)NC2=O)C(NC(C)=O)(NC(C)=O)S1. The van der Waals surface area contributed by atoms with E-state index in [1.54, 1.807) is 0 Å². The Labute approximate surface area is 164 Å². The van der Waals surface area contributed by atoms with E-state index in [9.17, 15) is 28.8 Å². The van der Waals surface area contributed by atoms with Gasteiger partial charge in [-0.25, -0.2) is 0 Å². The number of thioether (sulfide) groups is 1. The Morgan fingerprint density at radius 2 is 1.75 bits per heavy atom. The van der Waals surface area contributed by atoms with Crippen molar-refractivity contribution in [3.8, 4) is 0 Å². The quantitative estimate of drug-likeness (QED) is 0.249. The van der Waals surface area contributed by atoms with Gasteiger partial charge in [0.2, 0.25) is 29.5 Å². The molecule has 2 aliphatic heterocycles. The van der Waals surface area contributed by atoms with E-state index >= 15 is 0 Å². The molecule has 0 aliphatic carbocycles. The summed E-state index contributed by atoms with van der Waals surface area (Å²) in [6.07, 6.45) is 1.49. The van der Waals surface area contributed by atoms with Gasteiger partial charge in [0.25, 0.3) is 5.91 Å². The molecule has 28 heavy (non-hydrogen) atoms. The average Bonchev–Trinajstić information content (AvgIpc) is 2.94. The zero-order valence-corrected chi connectivity index (χ0v) is 16.3. The summed E-state index contributed by atoms with van der Waals surface area (Å²) in [6, 6.07) is -0.956. The number of imide groups is 1. The highest BCUT2D eigenvalue weighted by Crippen LogP contribution is 2.40. The van der Waals surface area contributed by atoms with Crippen LogP contribution >= 0.6 is 11.8 Å². The maximum atomic E-state index is 12.9. The third kappa shape index (κ3) is 4.68. The van der Waals surface area contributed by atoms with Gasteiger partial charge >= 0.3 is 0 Å². The van der Waals surface area contributed by atoms with Crippen LogP contribution < -0.4 is 26.6 Å². The summed E-state index contributed by atoms with van der Waals surface area (Å²) in [5.74, 6) is -3.36. The van der Waals surface area contributed by atoms with Gasteiger partial charge in [-0.15, -0.1) is 0 Å². The van der Waals surface area contributed by atoms with Gasteiger partial charge in [0.15, 0.2) is 4.99 Å². The van der Waals surface area contributed by atoms with E-state index in [2.05, 4.69) is 26.6 Å². The third-order valence-electron chi connectivity index (χ3n) is 4.00. The van der Waals surface area contributed by atoms with Gasteiger partial charge in [0.1, 0.15) is 11.3 Å². The molecule has 2 heterocycles. The molecule has 11 nitrogen and oxygen atoms in total. The smallest absolute Gasteiger partial charge is 0.252 e. The van der Waals surface area contributed by atoms with Crippen LogP contribution in [-0.4, -0.2) is 58.8 Å². The number of hydrogen-bond donors (Lipinski definition) is 5. The number of rotatable bonds is 5. The maximum absolute atomic E-state index is 12.9. The van der Waals surface area contributed by atoms with Gasteiger partial charge in [0, 0.05) is 27.3 Å². The Bertz CT molecular complexity index is 763. The fraction of sp³-hybridized carbons (Fsp3) is 0.500. The second-order valence-electron chi connectivity index (χ2n) is 6.25. The molecule has 0 bridgehead atoms. The normalized spacial score (nSPS) is 23.2. The van der Waals surface area contributed by atoms with Crippen molar-refractivity contribution in [2.24, 2.45) is 0 Å². The highest BCUT2D eigenvalue weighted by Gasteiger charge is 2.49. The van der Waals surface area contributed by atoms with Gasteiger partial charge in [-0.05, 0) is 12.5 Å². The van der Waals surface area contributed by atoms with Crippen LogP contribution in [0.2, 0.25) is 0 Å². The molecule has 2 rings (SSSR count). The first-order valence-electron chi connectivity index (χ1n) is 8.41. The Morgan fingerprint density at radius 1 is 1.14 bits per heavy atom. The minimum Gasteiger partial charge on any atom is -0.358 e. The van der Waals surface area contributed by atoms with Crippen LogP contribution in [0.5, 0.6) is 0 Å². The van der Waals surface area contributed by atoms with Crippen molar-refractivity contribution < 1.29 is 28.8 Å². The number of piperidine rings is 1. The molecule has 1 fully saturated rings. The van der Waals surface area contributed by atoms with Crippen LogP contribution in [0.25, 0.3) is 0 Å². The highest BCUT2D eigenvalue weighted by atomic mass is 32.2. The van der Waals surface area contributed by atoms with Crippen molar-refractivity contribution in [3.63, 3.8) is 0 Å². The molecule has 0 saturated carbocycles. The van der Waals surface area contributed by atoms with Crippen molar-refractivity contribution >= 4 is 47.2 Å². The minimum absolute atomic E-state index is 0.0634. The van der Waals surface area contributed by atoms with Gasteiger partial charge in [-0.1, -0.05) is 11.8 Å². The van der Waals surface area contributed by atoms with Crippen molar-refractivity contribution in [1.82, 2.24) is 26.6 Å². The zero-order chi connectivity index (χ0) is 21.1. The van der Waals surface area contributed by atoms with E-state index in [1.807, 2.05) is 0 Å². The van der Waals surface area contributed by atoms with Crippen molar-refractivity contribution in [3.05, 3.63) is 11.6 Å². The van der Waals surface area contributed by atoms with Crippen LogP contribution in [0.4, 0.5) is 0 Å². The van der Waals surface area contributed by atoms with Crippen LogP contribution in [0.1, 0.15) is 26.7 Å². The number of amides is 6. The van der Waals surface area contributed by atoms with Crippen LogP contribution in [-0.2, 0) is 28.8 Å². The van der Waals surface area contributed by atoms with Crippen LogP contribution in [0.3, 0.4) is 0 Å². The molecule has 12 heteroatoms. The van der Waals surface area contributed by atoms with E-state index in [4.69, 9.17) is 0 Å². The predicted octanol–water partition coefficient (Wildman–Crippen LogP) is -2.38. The molecule has 0 aromatic heterocycles. The minimum atomic E-state index is -1.68. The van der Waals surface area contributed by atoms with E-state index in [-0.39, 0.29) is 18.4 Å². The first-order valence-corrected chi connectivity index (χ1v) is 9.29. The lowest BCUT2D eigenvalue weighted by atomic mass is 10.0. The molecular formula is C16H21N5O6S. The summed E-state index contributed by atoms with van der Waals surface area (Å²) < 4.78 is 0. The van der Waals surface area contributed by atoms with E-state index in [0.717, 1.165) is 11.8 Å². The van der Waals surface area contributed by atoms with E-state index in [1.165, 1.54) is 27.0 Å². The summed E-state index contributed by atoms with van der Waals surface area (Å²) in [4.78, 5) is 69.9. The summed E-state index contributed by atoms with van der Waals surface area (Å²) in [6.45, 7) is 2.40. The molecule has 1 saturated heterocycles. The molecule has 0 aromatic carbocycles. The van der Waals surface area contributed by atoms with E-state index < -0.39 is 51.7 Å². The Balaban J connectivity index is 2.34. The first-order chi connectivity index (χ1) is 13.1. The molecule has 2 atom stereocenters. The highest BCUT2D eigenvalue weighted by molar-refractivity contribution is 8.02. The molecule has 152 valence electrons. The van der Waals surface area contributed by atoms with Crippen molar-refractivity contribution in [2.45, 2.75) is 43.0 Å². The van der Waals surface area contributed by atoms with Crippen LogP contribution in [0.15, 0.2) is 11.6 Å². The topological polar surface area (TPSA) is 163 Å². The van der Waals surface area contributed by atoms with Crippen molar-refractivity contribution in [2.75, 3.05) is 7.05 Å². The summed E-state index contributed by atoms with van der Waals surface area (Å²) in [5.41, 5.74) is -0.0961. The number of nitrogens with one attached hydrogen (secondary N) is 5. The Kier molecular flexibility index (Phi) is 6.44. The number of carbonyl (C=O) groups excluding carboxylic acids is 6. The fourth-order valence-electron chi connectivity index (χ4n) is 2.85. The molecule has 5 N–H and O–H groups in total. The van der Waals surface area contributed by atoms with Gasteiger partial charge in [-0.3, -0.25) is 34.1 Å². The lowest BCUT2D eigenvalue weighted by Crippen LogP contribution is -2.61. The lowest BCUT2D eigenvalue weighted by Gasteiger charge is -2.33. The second kappa shape index (κ2) is 8.42. The molecule has 2 aliphatic rings. The molecule has 6 amide bonds. The summed E-state index contributed by atoms with van der Waals surface area (Å²) >= 11 is 0.863. The Hall–Kier alpha value is -2.89. The Morgan fingerprint density at radius 3 is 2.25 bits per heavy atom. The predicted molar refractivity (Wildman–Crippen MR) is 98.2 cm³/mol. The standard InChI is InChI=1S/C16H21N5O6S/c1-7(22)20-16(21-8(2)23)9(6-11(28-16)15(27)17-3)13(25)18-10-4-5-12(24)19-14(10)26/h6,10-11H,4-5H2,1-3H3,(H,17,27)(H,18,25)(H,20,22)(H,21,23)(H,19,24,26). The molecule has 2 unspecified atom stereocenters. The summed E-state index contributed by atoms with van der Waals surface area (Å²) in [7, 11) is 1.41. The monoisotopic (exact) mass is 411 g/mol. The average molecular weight is 411 g/mol. The number of hydrogen-bond acceptors (Lipinski definition) is 7. The second-order valence-corrected chi connectivity index (χ2v) is 7.61. The summed E-state index contributed by atoms with van der Waals surface area (Å²) in [5, 5.41) is 11.2. The van der Waals surface area contributed by atoms with Gasteiger partial charge in [-0.2, -0.15) is 0 Å². The molecule has 0 spiro atoms. The van der Waals surface area contributed by atoms with Crippen molar-refractivity contribution in [1.29, 1.82) is 0 Å². The lowest BCUT2D eigenvalue weighted by molar-refractivity contribution is -0.137. The number of carbonyl (C=O) groups is 6. The molecular weight excluding hydrogens is 390 g/mol. The fourth-order valence-corrected chi connectivity index (χ4v) is 4.35. The van der Waals surface area contributed by atoms with E-state index in [0.29, 0.717) is 0 Å². The third-order valence-corrected chi connectivity index (χ3v) is 5.38. The maximum Gasteiger partial charge on any atom is 0.252 e.